The van der Waals surface area contributed by atoms with Crippen LogP contribution in [0.15, 0.2) is 0 Å². The van der Waals surface area contributed by atoms with Crippen LogP contribution >= 0.6 is 56.1 Å². The molecule has 0 N–H and O–H groups in total. The van der Waals surface area contributed by atoms with E-state index in [9.17, 15) is 0 Å². The molecule has 1 aliphatic heterocycles. The van der Waals surface area contributed by atoms with Crippen molar-refractivity contribution in [3.8, 4) is 0 Å². The van der Waals surface area contributed by atoms with Crippen LogP contribution in [0.25, 0.3) is 0 Å². The second-order valence-electron chi connectivity index (χ2n) is 3.80. The molecule has 0 nitrogen and oxygen atoms in total. The molecule has 0 spiro atoms. The second kappa shape index (κ2) is 45.5. The molecule has 0 aliphatic carbocycles. The average Bonchev–Trinajstić information content (AvgIpc) is 3.26. The molecule has 0 amide bonds. The first-order valence-corrected chi connectivity index (χ1v) is 17.0. The fourth-order valence-electron chi connectivity index (χ4n) is 0.354. The van der Waals surface area contributed by atoms with Crippen LogP contribution in [0, 0.1) is 0 Å². The zero-order valence-electron chi connectivity index (χ0n) is 15.6. The molecule has 0 radical (unpaired) electrons. The molecule has 1 heterocycles. The minimum absolute atomic E-state index is 0. The first-order valence-electron chi connectivity index (χ1n) is 7.24. The Hall–Kier alpha value is 3.84. The second-order valence-corrected chi connectivity index (χ2v) is 18.0. The Morgan fingerprint density at radius 2 is 1.08 bits per heavy atom. The fourth-order valence-corrected chi connectivity index (χ4v) is 1.06. The van der Waals surface area contributed by atoms with Crippen molar-refractivity contribution in [3.63, 3.8) is 0 Å². The fraction of sp³-hybridized carbons (Fsp3) is 1.00. The van der Waals surface area contributed by atoms with E-state index >= 15 is 0 Å². The van der Waals surface area contributed by atoms with Crippen molar-refractivity contribution in [2.45, 2.75) is 59.9 Å². The van der Waals surface area contributed by atoms with Gasteiger partial charge >= 0.3 is 43.0 Å². The van der Waals surface area contributed by atoms with Gasteiger partial charge in [-0.25, -0.2) is 0 Å². The van der Waals surface area contributed by atoms with E-state index in [1.165, 1.54) is 40.6 Å². The van der Waals surface area contributed by atoms with E-state index in [-0.39, 0.29) is 45.1 Å². The zero-order valence-corrected chi connectivity index (χ0v) is 24.1. The van der Waals surface area contributed by atoms with E-state index in [1.54, 1.807) is 0 Å². The van der Waals surface area contributed by atoms with Crippen molar-refractivity contribution >= 4 is 96.9 Å². The third-order valence-corrected chi connectivity index (χ3v) is 3.25. The molecule has 0 aromatic heterocycles. The topological polar surface area (TPSA) is 0 Å². The van der Waals surface area contributed by atoms with E-state index < -0.39 is 5.31 Å². The Balaban J connectivity index is -0.0000000294. The summed E-state index contributed by atoms with van der Waals surface area (Å²) >= 11 is 31.0. The van der Waals surface area contributed by atoms with Gasteiger partial charge in [0.05, 0.1) is 0 Å². The molecule has 0 saturated carbocycles. The van der Waals surface area contributed by atoms with Gasteiger partial charge in [0.2, 0.25) is 0 Å². The van der Waals surface area contributed by atoms with E-state index in [2.05, 4.69) is 46.0 Å². The number of unbranched alkanes of at least 4 members (excludes halogenated alkanes) is 1. The van der Waals surface area contributed by atoms with Crippen molar-refractivity contribution < 1.29 is 37.7 Å². The first kappa shape index (κ1) is 46.2. The van der Waals surface area contributed by atoms with Crippen LogP contribution < -0.4 is 37.7 Å². The molecule has 1 rings (SSSR count). The number of thioether (sulfide) groups is 1. The standard InChI is InChI=1S/C4H12Si.2C3H8S.C2H4S.CH4.Cl4Si.2Li/c1-2-3-4-5;2*1-2-3-4;1-2-3-1;;1-5(2,3)4;;/h2-4H2,1,5H3;2*4H,2-3H2,1H3;1-2H2;1H4;;;/q;;;;;;2*+1/p-2. The summed E-state index contributed by atoms with van der Waals surface area (Å²) in [5.41, 5.74) is 0. The Morgan fingerprint density at radius 1 is 0.875 bits per heavy atom. The van der Waals surface area contributed by atoms with Crippen molar-refractivity contribution in [2.24, 2.45) is 0 Å². The predicted molar refractivity (Wildman–Crippen MR) is 128 cm³/mol. The molecule has 0 atom stereocenters. The Kier molecular flexibility index (Phi) is 87.6. The van der Waals surface area contributed by atoms with Crippen LogP contribution in [0.5, 0.6) is 0 Å². The molecule has 0 aromatic rings. The molecular weight excluding hydrogens is 464 g/mol. The van der Waals surface area contributed by atoms with Crippen LogP contribution in [0.2, 0.25) is 6.04 Å². The summed E-state index contributed by atoms with van der Waals surface area (Å²) in [5.74, 6) is 4.64. The SMILES string of the molecule is C.C1CS1.CCCC[SiH3].CCC[S-].CCC[S-].Cl[Si](Cl)(Cl)Cl.[Li+].[Li+]. The van der Waals surface area contributed by atoms with E-state index in [4.69, 9.17) is 44.3 Å². The van der Waals surface area contributed by atoms with E-state index in [0.29, 0.717) is 0 Å². The van der Waals surface area contributed by atoms with Crippen molar-refractivity contribution in [2.75, 3.05) is 23.0 Å². The van der Waals surface area contributed by atoms with Gasteiger partial charge in [-0.2, -0.15) is 23.3 Å². The predicted octanol–water partition coefficient (Wildman–Crippen LogP) is 0.211. The van der Waals surface area contributed by atoms with Gasteiger partial charge in [0.1, 0.15) is 0 Å². The van der Waals surface area contributed by atoms with Gasteiger partial charge < -0.3 is 25.3 Å². The summed E-state index contributed by atoms with van der Waals surface area (Å²) < 4.78 is 0. The zero-order chi connectivity index (χ0) is 17.6. The summed E-state index contributed by atoms with van der Waals surface area (Å²) in [4.78, 5) is 0. The molecule has 142 valence electrons. The maximum Gasteiger partial charge on any atom is 1.00 e. The Morgan fingerprint density at radius 3 is 1.08 bits per heavy atom. The Bertz CT molecular complexity index is 143. The molecule has 1 saturated heterocycles. The smallest absolute Gasteiger partial charge is 0.793 e. The third kappa shape index (κ3) is 204. The van der Waals surface area contributed by atoms with Gasteiger partial charge in [-0.05, 0) is 0 Å². The minimum atomic E-state index is -2.72. The molecule has 1 fully saturated rings. The molecule has 0 aromatic carbocycles. The summed E-state index contributed by atoms with van der Waals surface area (Å²) in [7, 11) is 1.40. The summed E-state index contributed by atoms with van der Waals surface area (Å²) in [6, 6.07) is 1.48. The van der Waals surface area contributed by atoms with Gasteiger partial charge in [0, 0.05) is 21.7 Å². The van der Waals surface area contributed by atoms with E-state index in [0.717, 1.165) is 24.3 Å². The molecule has 24 heavy (non-hydrogen) atoms. The van der Waals surface area contributed by atoms with Crippen LogP contribution in [0.4, 0.5) is 0 Å². The summed E-state index contributed by atoms with van der Waals surface area (Å²) in [6.07, 6.45) is 5.10. The van der Waals surface area contributed by atoms with Gasteiger partial charge in [-0.15, -0.1) is 44.3 Å². The van der Waals surface area contributed by atoms with Crippen LogP contribution in [-0.4, -0.2) is 38.6 Å². The van der Waals surface area contributed by atoms with Gasteiger partial charge in [-0.3, -0.25) is 0 Å². The molecule has 0 unspecified atom stereocenters. The van der Waals surface area contributed by atoms with Crippen molar-refractivity contribution in [1.82, 2.24) is 0 Å². The van der Waals surface area contributed by atoms with E-state index in [1.807, 2.05) is 11.8 Å². The number of rotatable bonds is 4. The number of halogens is 4. The molecule has 1 aliphatic rings. The first-order chi connectivity index (χ1) is 9.74. The van der Waals surface area contributed by atoms with Crippen molar-refractivity contribution in [3.05, 3.63) is 0 Å². The summed E-state index contributed by atoms with van der Waals surface area (Å²) in [5, 5.41) is -2.72. The summed E-state index contributed by atoms with van der Waals surface area (Å²) in [6.45, 7) is 6.39. The average molecular weight is 498 g/mol. The quantitative estimate of drug-likeness (QED) is 0.236. The van der Waals surface area contributed by atoms with Crippen molar-refractivity contribution in [1.29, 1.82) is 0 Å². The Labute approximate surface area is 215 Å². The number of hydrogen-bond donors (Lipinski definition) is 0. The monoisotopic (exact) mass is 496 g/mol. The molecule has 11 heteroatoms. The molecule has 0 bridgehead atoms. The molecular formula is C13H34Cl4Li2S3Si2. The third-order valence-electron chi connectivity index (χ3n) is 1.32. The van der Waals surface area contributed by atoms with Crippen LogP contribution in [-0.2, 0) is 25.3 Å². The maximum absolute atomic E-state index is 4.97. The minimum Gasteiger partial charge on any atom is -0.793 e. The van der Waals surface area contributed by atoms with Crippen LogP contribution in [0.1, 0.15) is 53.9 Å². The largest absolute Gasteiger partial charge is 1.00 e. The normalized spacial score (nSPS) is 9.88. The van der Waals surface area contributed by atoms with Crippen LogP contribution in [0.3, 0.4) is 0 Å². The van der Waals surface area contributed by atoms with Gasteiger partial charge in [0.25, 0.3) is 0 Å². The maximum atomic E-state index is 4.97. The van der Waals surface area contributed by atoms with Gasteiger partial charge in [0.15, 0.2) is 0 Å². The van der Waals surface area contributed by atoms with Gasteiger partial charge in [-0.1, -0.05) is 59.9 Å². The number of hydrogen-bond acceptors (Lipinski definition) is 3.